The smallest absolute Gasteiger partial charge is 0.246 e. The normalized spacial score (nSPS) is 26.0. The molecule has 2 atom stereocenters. The third-order valence-electron chi connectivity index (χ3n) is 4.26. The van der Waals surface area contributed by atoms with Crippen molar-refractivity contribution in [3.8, 4) is 5.75 Å². The average Bonchev–Trinajstić information content (AvgIpc) is 2.77. The van der Waals surface area contributed by atoms with Crippen LogP contribution in [0.3, 0.4) is 0 Å². The zero-order chi connectivity index (χ0) is 16.4. The van der Waals surface area contributed by atoms with Crippen LogP contribution in [0.4, 0.5) is 0 Å². The molecule has 1 N–H and O–H groups in total. The Hall–Kier alpha value is -1.64. The maximum Gasteiger partial charge on any atom is 0.246 e. The molecular formula is C15H20N2O5S. The third-order valence-corrected chi connectivity index (χ3v) is 6.15. The molecule has 0 aromatic heterocycles. The molecule has 2 fully saturated rings. The fourth-order valence-corrected chi connectivity index (χ4v) is 4.51. The second-order valence-corrected chi connectivity index (χ2v) is 7.62. The molecule has 2 aliphatic rings. The number of amides is 1. The van der Waals surface area contributed by atoms with E-state index in [1.807, 2.05) is 0 Å². The molecule has 0 radical (unpaired) electrons. The van der Waals surface area contributed by atoms with Crippen LogP contribution in [0.15, 0.2) is 29.2 Å². The van der Waals surface area contributed by atoms with E-state index in [9.17, 15) is 13.2 Å². The van der Waals surface area contributed by atoms with E-state index < -0.39 is 10.0 Å². The monoisotopic (exact) mass is 340 g/mol. The van der Waals surface area contributed by atoms with Gasteiger partial charge in [0.05, 0.1) is 24.2 Å². The van der Waals surface area contributed by atoms with E-state index >= 15 is 0 Å². The van der Waals surface area contributed by atoms with E-state index in [4.69, 9.17) is 9.47 Å². The Labute approximate surface area is 135 Å². The predicted octanol–water partition coefficient (Wildman–Crippen LogP) is 0.363. The Kier molecular flexibility index (Phi) is 4.56. The minimum Gasteiger partial charge on any atom is -0.497 e. The average molecular weight is 340 g/mol. The van der Waals surface area contributed by atoms with Crippen LogP contribution in [0.1, 0.15) is 12.8 Å². The number of fused-ring (bicyclic) bond motifs is 1. The summed E-state index contributed by atoms with van der Waals surface area (Å²) in [7, 11) is -2.09. The van der Waals surface area contributed by atoms with E-state index in [0.717, 1.165) is 0 Å². The molecule has 23 heavy (non-hydrogen) atoms. The van der Waals surface area contributed by atoms with E-state index in [1.165, 1.54) is 17.5 Å². The fourth-order valence-electron chi connectivity index (χ4n) is 3.00. The van der Waals surface area contributed by atoms with Gasteiger partial charge < -0.3 is 14.8 Å². The van der Waals surface area contributed by atoms with Gasteiger partial charge in [-0.3, -0.25) is 4.79 Å². The molecule has 0 saturated carbocycles. The standard InChI is InChI=1S/C15H20N2O5S/c1-21-11-3-2-4-12(9-11)23(19,20)17-7-5-13-14(6-8-17)22-10-15(18)16-13/h2-4,9,13-14H,5-8,10H2,1H3,(H,16,18)/t13-,14-/m0/s1. The highest BCUT2D eigenvalue weighted by Crippen LogP contribution is 2.25. The second-order valence-electron chi connectivity index (χ2n) is 5.68. The molecule has 0 aliphatic carbocycles. The molecule has 3 rings (SSSR count). The van der Waals surface area contributed by atoms with Crippen molar-refractivity contribution in [3.63, 3.8) is 0 Å². The zero-order valence-corrected chi connectivity index (χ0v) is 13.7. The zero-order valence-electron chi connectivity index (χ0n) is 12.9. The molecule has 1 amide bonds. The van der Waals surface area contributed by atoms with Crippen molar-refractivity contribution in [2.75, 3.05) is 26.8 Å². The van der Waals surface area contributed by atoms with E-state index in [-0.39, 0.29) is 29.6 Å². The third kappa shape index (κ3) is 3.34. The largest absolute Gasteiger partial charge is 0.497 e. The summed E-state index contributed by atoms with van der Waals surface area (Å²) in [6, 6.07) is 6.33. The molecule has 1 aromatic carbocycles. The quantitative estimate of drug-likeness (QED) is 0.859. The summed E-state index contributed by atoms with van der Waals surface area (Å²) in [6.07, 6.45) is 0.978. The van der Waals surface area contributed by atoms with Crippen LogP contribution < -0.4 is 10.1 Å². The van der Waals surface area contributed by atoms with Crippen molar-refractivity contribution >= 4 is 15.9 Å². The van der Waals surface area contributed by atoms with Crippen molar-refractivity contribution in [1.82, 2.24) is 9.62 Å². The summed E-state index contributed by atoms with van der Waals surface area (Å²) in [6.45, 7) is 0.769. The van der Waals surface area contributed by atoms with Crippen LogP contribution in [-0.2, 0) is 19.6 Å². The molecule has 0 bridgehead atoms. The van der Waals surface area contributed by atoms with Gasteiger partial charge in [-0.2, -0.15) is 4.31 Å². The number of carbonyl (C=O) groups excluding carboxylic acids is 1. The molecule has 0 unspecified atom stereocenters. The summed E-state index contributed by atoms with van der Waals surface area (Å²) >= 11 is 0. The number of nitrogens with one attached hydrogen (secondary N) is 1. The first kappa shape index (κ1) is 16.2. The highest BCUT2D eigenvalue weighted by atomic mass is 32.2. The summed E-state index contributed by atoms with van der Waals surface area (Å²) in [5.74, 6) is 0.362. The Morgan fingerprint density at radius 1 is 1.30 bits per heavy atom. The first-order valence-corrected chi connectivity index (χ1v) is 9.00. The van der Waals surface area contributed by atoms with Crippen LogP contribution in [0.2, 0.25) is 0 Å². The van der Waals surface area contributed by atoms with E-state index in [0.29, 0.717) is 31.7 Å². The maximum absolute atomic E-state index is 12.8. The van der Waals surface area contributed by atoms with E-state index in [1.54, 1.807) is 18.2 Å². The molecule has 7 nitrogen and oxygen atoms in total. The highest BCUT2D eigenvalue weighted by molar-refractivity contribution is 7.89. The van der Waals surface area contributed by atoms with Gasteiger partial charge in [0.2, 0.25) is 15.9 Å². The summed E-state index contributed by atoms with van der Waals surface area (Å²) in [5, 5.41) is 2.88. The Bertz CT molecular complexity index is 691. The van der Waals surface area contributed by atoms with Crippen molar-refractivity contribution < 1.29 is 22.7 Å². The predicted molar refractivity (Wildman–Crippen MR) is 82.7 cm³/mol. The van der Waals surface area contributed by atoms with Crippen molar-refractivity contribution in [2.45, 2.75) is 29.9 Å². The molecular weight excluding hydrogens is 320 g/mol. The number of benzene rings is 1. The molecule has 2 heterocycles. The summed E-state index contributed by atoms with van der Waals surface area (Å²) in [5.41, 5.74) is 0. The minimum absolute atomic E-state index is 0.0454. The Morgan fingerprint density at radius 3 is 2.87 bits per heavy atom. The second kappa shape index (κ2) is 6.46. The summed E-state index contributed by atoms with van der Waals surface area (Å²) < 4.78 is 37.7. The number of rotatable bonds is 3. The fraction of sp³-hybridized carbons (Fsp3) is 0.533. The van der Waals surface area contributed by atoms with Gasteiger partial charge >= 0.3 is 0 Å². The van der Waals surface area contributed by atoms with Gasteiger partial charge in [0, 0.05) is 19.2 Å². The lowest BCUT2D eigenvalue weighted by Gasteiger charge is -2.30. The van der Waals surface area contributed by atoms with Gasteiger partial charge in [-0.1, -0.05) is 6.07 Å². The van der Waals surface area contributed by atoms with Crippen LogP contribution in [0.25, 0.3) is 0 Å². The van der Waals surface area contributed by atoms with Crippen LogP contribution in [0.5, 0.6) is 5.75 Å². The van der Waals surface area contributed by atoms with Crippen LogP contribution in [-0.4, -0.2) is 57.6 Å². The van der Waals surface area contributed by atoms with E-state index in [2.05, 4.69) is 5.32 Å². The van der Waals surface area contributed by atoms with Crippen molar-refractivity contribution in [2.24, 2.45) is 0 Å². The molecule has 0 spiro atoms. The van der Waals surface area contributed by atoms with Gasteiger partial charge in [-0.25, -0.2) is 8.42 Å². The maximum atomic E-state index is 12.8. The number of nitrogens with zero attached hydrogens (tertiary/aromatic N) is 1. The topological polar surface area (TPSA) is 84.9 Å². The van der Waals surface area contributed by atoms with Gasteiger partial charge in [0.1, 0.15) is 12.4 Å². The Morgan fingerprint density at radius 2 is 2.09 bits per heavy atom. The minimum atomic E-state index is -3.59. The van der Waals surface area contributed by atoms with Crippen LogP contribution >= 0.6 is 0 Å². The Balaban J connectivity index is 1.79. The highest BCUT2D eigenvalue weighted by Gasteiger charge is 2.35. The lowest BCUT2D eigenvalue weighted by Crippen LogP contribution is -2.51. The number of morpholine rings is 1. The SMILES string of the molecule is COc1cccc(S(=O)(=O)N2CC[C@@H]3NC(=O)CO[C@H]3CC2)c1. The van der Waals surface area contributed by atoms with Gasteiger partial charge in [0.15, 0.2) is 0 Å². The lowest BCUT2D eigenvalue weighted by atomic mass is 10.0. The number of ether oxygens (including phenoxy) is 2. The number of methoxy groups -OCH3 is 1. The first-order valence-electron chi connectivity index (χ1n) is 7.56. The number of hydrogen-bond acceptors (Lipinski definition) is 5. The van der Waals surface area contributed by atoms with Gasteiger partial charge in [0.25, 0.3) is 0 Å². The number of hydrogen-bond donors (Lipinski definition) is 1. The molecule has 1 aromatic rings. The number of carbonyl (C=O) groups is 1. The van der Waals surface area contributed by atoms with Gasteiger partial charge in [-0.15, -0.1) is 0 Å². The molecule has 2 aliphatic heterocycles. The van der Waals surface area contributed by atoms with Crippen molar-refractivity contribution in [3.05, 3.63) is 24.3 Å². The number of sulfonamides is 1. The van der Waals surface area contributed by atoms with Crippen LogP contribution in [0, 0.1) is 0 Å². The molecule has 2 saturated heterocycles. The summed E-state index contributed by atoms with van der Waals surface area (Å²) in [4.78, 5) is 11.6. The van der Waals surface area contributed by atoms with Crippen molar-refractivity contribution in [1.29, 1.82) is 0 Å². The lowest BCUT2D eigenvalue weighted by molar-refractivity contribution is -0.136. The first-order chi connectivity index (χ1) is 11.0. The molecule has 8 heteroatoms. The molecule has 126 valence electrons. The van der Waals surface area contributed by atoms with Gasteiger partial charge in [-0.05, 0) is 25.0 Å².